The lowest BCUT2D eigenvalue weighted by atomic mass is 10.1. The highest BCUT2D eigenvalue weighted by molar-refractivity contribution is 7.53. The SMILES string of the molecule is C#COP(C)(=O)Oc1cccc(/C=C/C(=O)/C=C/c2cccc(OP(=O)(OCC)OCC)c2)c1. The predicted molar refractivity (Wildman–Crippen MR) is 132 cm³/mol. The molecule has 1 unspecified atom stereocenters. The molecule has 0 spiro atoms. The number of rotatable bonds is 13. The van der Waals surface area contributed by atoms with Gasteiger partial charge in [-0.2, -0.15) is 0 Å². The number of carbonyl (C=O) groups is 1. The van der Waals surface area contributed by atoms with E-state index in [1.54, 1.807) is 74.5 Å². The van der Waals surface area contributed by atoms with E-state index < -0.39 is 15.4 Å². The van der Waals surface area contributed by atoms with Gasteiger partial charge in [-0.15, -0.1) is 0 Å². The number of terminal acetylenes is 1. The molecule has 8 nitrogen and oxygen atoms in total. The monoisotopic (exact) mass is 504 g/mol. The molecule has 34 heavy (non-hydrogen) atoms. The van der Waals surface area contributed by atoms with Gasteiger partial charge in [0.2, 0.25) is 0 Å². The summed E-state index contributed by atoms with van der Waals surface area (Å²) in [5.41, 5.74) is 1.30. The Labute approximate surface area is 199 Å². The summed E-state index contributed by atoms with van der Waals surface area (Å²) in [5.74, 6) is 0.303. The molecule has 0 aliphatic heterocycles. The smallest absolute Gasteiger partial charge is 0.416 e. The fraction of sp³-hybridized carbons (Fsp3) is 0.208. The van der Waals surface area contributed by atoms with E-state index >= 15 is 0 Å². The molecule has 0 bridgehead atoms. The van der Waals surface area contributed by atoms with Crippen LogP contribution in [-0.4, -0.2) is 25.7 Å². The highest BCUT2D eigenvalue weighted by Gasteiger charge is 2.27. The zero-order chi connectivity index (χ0) is 25.0. The Kier molecular flexibility index (Phi) is 10.4. The molecule has 10 heteroatoms. The van der Waals surface area contributed by atoms with Crippen LogP contribution in [0.2, 0.25) is 0 Å². The summed E-state index contributed by atoms with van der Waals surface area (Å²) >= 11 is 0. The maximum Gasteiger partial charge on any atom is 0.530 e. The Morgan fingerprint density at radius 2 is 1.41 bits per heavy atom. The van der Waals surface area contributed by atoms with E-state index in [4.69, 9.17) is 24.5 Å². The van der Waals surface area contributed by atoms with Crippen LogP contribution in [0.4, 0.5) is 0 Å². The van der Waals surface area contributed by atoms with Crippen molar-refractivity contribution >= 4 is 33.4 Å². The first kappa shape index (κ1) is 27.2. The first-order valence-corrected chi connectivity index (χ1v) is 13.7. The molecule has 2 aromatic carbocycles. The molecule has 0 aliphatic carbocycles. The first-order chi connectivity index (χ1) is 16.2. The van der Waals surface area contributed by atoms with E-state index in [1.165, 1.54) is 18.8 Å². The zero-order valence-corrected chi connectivity index (χ0v) is 20.9. The van der Waals surface area contributed by atoms with Gasteiger partial charge < -0.3 is 13.6 Å². The molecular weight excluding hydrogens is 478 g/mol. The van der Waals surface area contributed by atoms with Crippen LogP contribution in [0.15, 0.2) is 60.7 Å². The highest BCUT2D eigenvalue weighted by atomic mass is 31.2. The van der Waals surface area contributed by atoms with Crippen molar-refractivity contribution in [1.82, 2.24) is 0 Å². The van der Waals surface area contributed by atoms with Gasteiger partial charge >= 0.3 is 15.4 Å². The van der Waals surface area contributed by atoms with Crippen molar-refractivity contribution in [2.75, 3.05) is 19.9 Å². The number of benzene rings is 2. The number of phosphoric ester groups is 1. The molecule has 2 aromatic rings. The maximum absolute atomic E-state index is 12.5. The standard InChI is InChI=1S/C24H26O8P2/c1-5-28-33(4,26)31-23-12-8-10-20(18-23)14-16-22(25)17-15-21-11-9-13-24(19-21)32-34(27,29-6-2)30-7-3/h1,8-19H,6-7H2,2-4H3/b16-14+,17-15+. The highest BCUT2D eigenvalue weighted by Crippen LogP contribution is 2.49. The molecule has 0 saturated carbocycles. The lowest BCUT2D eigenvalue weighted by molar-refractivity contribution is -0.110. The van der Waals surface area contributed by atoms with E-state index in [0.717, 1.165) is 0 Å². The Bertz CT molecular complexity index is 1170. The van der Waals surface area contributed by atoms with Crippen LogP contribution in [0.25, 0.3) is 12.2 Å². The molecule has 0 N–H and O–H groups in total. The van der Waals surface area contributed by atoms with E-state index in [1.807, 2.05) is 6.11 Å². The van der Waals surface area contributed by atoms with Crippen molar-refractivity contribution in [3.63, 3.8) is 0 Å². The van der Waals surface area contributed by atoms with Crippen molar-refractivity contribution in [2.45, 2.75) is 13.8 Å². The number of hydrogen-bond acceptors (Lipinski definition) is 8. The molecule has 1 atom stereocenters. The lowest BCUT2D eigenvalue weighted by Gasteiger charge is -2.17. The van der Waals surface area contributed by atoms with Gasteiger partial charge in [-0.05, 0) is 61.4 Å². The molecule has 2 rings (SSSR count). The van der Waals surface area contributed by atoms with Gasteiger partial charge in [0.15, 0.2) is 5.78 Å². The van der Waals surface area contributed by atoms with Crippen molar-refractivity contribution < 1.29 is 36.5 Å². The van der Waals surface area contributed by atoms with Gasteiger partial charge in [0.05, 0.1) is 19.9 Å². The normalized spacial score (nSPS) is 13.4. The van der Waals surface area contributed by atoms with Crippen molar-refractivity contribution in [2.24, 2.45) is 0 Å². The van der Waals surface area contributed by atoms with Gasteiger partial charge in [0, 0.05) is 0 Å². The summed E-state index contributed by atoms with van der Waals surface area (Å²) in [6.07, 6.45) is 12.8. The molecule has 0 saturated heterocycles. The third-order valence-corrected chi connectivity index (χ3v) is 6.44. The Morgan fingerprint density at radius 1 is 0.912 bits per heavy atom. The third-order valence-electron chi connectivity index (χ3n) is 3.88. The minimum absolute atomic E-state index is 0.170. The average Bonchev–Trinajstić information content (AvgIpc) is 2.76. The molecule has 0 radical (unpaired) electrons. The first-order valence-electron chi connectivity index (χ1n) is 10.3. The van der Waals surface area contributed by atoms with E-state index in [-0.39, 0.29) is 24.7 Å². The minimum Gasteiger partial charge on any atom is -0.416 e. The predicted octanol–water partition coefficient (Wildman–Crippen LogP) is 6.35. The Hall–Kier alpha value is -3.07. The van der Waals surface area contributed by atoms with Gasteiger partial charge in [-0.3, -0.25) is 13.8 Å². The summed E-state index contributed by atoms with van der Waals surface area (Å²) in [4.78, 5) is 12.3. The fourth-order valence-electron chi connectivity index (χ4n) is 2.60. The Morgan fingerprint density at radius 3 is 1.88 bits per heavy atom. The van der Waals surface area contributed by atoms with Gasteiger partial charge in [-0.1, -0.05) is 42.8 Å². The van der Waals surface area contributed by atoms with E-state index in [9.17, 15) is 13.9 Å². The molecule has 0 aromatic heterocycles. The van der Waals surface area contributed by atoms with E-state index in [0.29, 0.717) is 16.9 Å². The van der Waals surface area contributed by atoms with Gasteiger partial charge in [-0.25, -0.2) is 9.13 Å². The van der Waals surface area contributed by atoms with Crippen molar-refractivity contribution in [3.8, 4) is 24.0 Å². The van der Waals surface area contributed by atoms with Crippen LogP contribution < -0.4 is 9.05 Å². The second-order valence-corrected chi connectivity index (χ2v) is 10.2. The number of hydrogen-bond donors (Lipinski definition) is 0. The third kappa shape index (κ3) is 9.43. The van der Waals surface area contributed by atoms with Crippen LogP contribution in [0.5, 0.6) is 11.5 Å². The average molecular weight is 504 g/mol. The number of allylic oxidation sites excluding steroid dienone is 2. The summed E-state index contributed by atoms with van der Waals surface area (Å²) in [7, 11) is -7.14. The molecule has 0 aliphatic rings. The molecule has 0 amide bonds. The van der Waals surface area contributed by atoms with Gasteiger partial charge in [0.25, 0.3) is 0 Å². The number of phosphoric acid groups is 1. The summed E-state index contributed by atoms with van der Waals surface area (Å²) in [6.45, 7) is 4.97. The van der Waals surface area contributed by atoms with Crippen LogP contribution in [0.3, 0.4) is 0 Å². The van der Waals surface area contributed by atoms with Crippen molar-refractivity contribution in [3.05, 3.63) is 71.8 Å². The molecule has 0 fully saturated rings. The Balaban J connectivity index is 2.05. The summed E-state index contributed by atoms with van der Waals surface area (Å²) < 4.78 is 50.2. The van der Waals surface area contributed by atoms with Crippen LogP contribution in [-0.2, 0) is 27.5 Å². The minimum atomic E-state index is -3.71. The van der Waals surface area contributed by atoms with Crippen LogP contribution in [0, 0.1) is 12.5 Å². The maximum atomic E-state index is 12.5. The number of ketones is 1. The second-order valence-electron chi connectivity index (χ2n) is 6.66. The van der Waals surface area contributed by atoms with Crippen molar-refractivity contribution in [1.29, 1.82) is 0 Å². The fourth-order valence-corrected chi connectivity index (χ4v) is 4.51. The molecular formula is C24H26O8P2. The largest absolute Gasteiger partial charge is 0.530 e. The summed E-state index contributed by atoms with van der Waals surface area (Å²) in [6, 6.07) is 13.3. The van der Waals surface area contributed by atoms with Gasteiger partial charge in [0.1, 0.15) is 17.6 Å². The van der Waals surface area contributed by atoms with Crippen LogP contribution >= 0.6 is 15.4 Å². The number of carbonyl (C=O) groups excluding carboxylic acids is 1. The van der Waals surface area contributed by atoms with E-state index in [2.05, 4.69) is 4.52 Å². The molecule has 180 valence electrons. The summed E-state index contributed by atoms with van der Waals surface area (Å²) in [5, 5.41) is 0. The lowest BCUT2D eigenvalue weighted by Crippen LogP contribution is -2.02. The quantitative estimate of drug-likeness (QED) is 0.177. The second kappa shape index (κ2) is 13.0. The van der Waals surface area contributed by atoms with Crippen LogP contribution in [0.1, 0.15) is 25.0 Å². The zero-order valence-electron chi connectivity index (χ0n) is 19.1. The molecule has 0 heterocycles. The topological polar surface area (TPSA) is 97.4 Å².